The molecule has 0 fully saturated rings. The summed E-state index contributed by atoms with van der Waals surface area (Å²) in [7, 11) is 1.27. The summed E-state index contributed by atoms with van der Waals surface area (Å²) >= 11 is 0. The predicted octanol–water partition coefficient (Wildman–Crippen LogP) is 1.04. The fraction of sp³-hybridized carbons (Fsp3) is 0.300. The Hall–Kier alpha value is -1.91. The Labute approximate surface area is 87.0 Å². The van der Waals surface area contributed by atoms with Gasteiger partial charge in [-0.25, -0.2) is 14.6 Å². The van der Waals surface area contributed by atoms with Crippen molar-refractivity contribution in [2.75, 3.05) is 13.7 Å². The van der Waals surface area contributed by atoms with Crippen LogP contribution in [-0.4, -0.2) is 30.6 Å². The predicted molar refractivity (Wildman–Crippen MR) is 51.5 cm³/mol. The molecule has 5 nitrogen and oxygen atoms in total. The van der Waals surface area contributed by atoms with Crippen molar-refractivity contribution >= 4 is 11.9 Å². The Morgan fingerprint density at radius 3 is 2.53 bits per heavy atom. The van der Waals surface area contributed by atoms with E-state index in [9.17, 15) is 9.59 Å². The summed E-state index contributed by atoms with van der Waals surface area (Å²) in [5.74, 6) is -0.994. The number of pyridine rings is 1. The summed E-state index contributed by atoms with van der Waals surface area (Å²) < 4.78 is 9.23. The highest BCUT2D eigenvalue weighted by atomic mass is 16.5. The van der Waals surface area contributed by atoms with E-state index < -0.39 is 11.9 Å². The van der Waals surface area contributed by atoms with Gasteiger partial charge in [0.2, 0.25) is 0 Å². The Balaban J connectivity index is 2.80. The van der Waals surface area contributed by atoms with E-state index >= 15 is 0 Å². The number of esters is 2. The van der Waals surface area contributed by atoms with Gasteiger partial charge in [0, 0.05) is 6.20 Å². The first-order valence-corrected chi connectivity index (χ1v) is 4.40. The van der Waals surface area contributed by atoms with Gasteiger partial charge in [0.25, 0.3) is 0 Å². The first-order chi connectivity index (χ1) is 7.19. The van der Waals surface area contributed by atoms with Crippen molar-refractivity contribution in [3.05, 3.63) is 29.6 Å². The Bertz CT molecular complexity index is 358. The van der Waals surface area contributed by atoms with Crippen molar-refractivity contribution in [2.24, 2.45) is 0 Å². The van der Waals surface area contributed by atoms with Crippen molar-refractivity contribution in [1.82, 2.24) is 4.98 Å². The third-order valence-electron chi connectivity index (χ3n) is 1.67. The van der Waals surface area contributed by atoms with Crippen LogP contribution in [0.4, 0.5) is 0 Å². The van der Waals surface area contributed by atoms with Crippen molar-refractivity contribution < 1.29 is 19.1 Å². The lowest BCUT2D eigenvalue weighted by molar-refractivity contribution is 0.0522. The molecule has 15 heavy (non-hydrogen) atoms. The van der Waals surface area contributed by atoms with Crippen LogP contribution >= 0.6 is 0 Å². The van der Waals surface area contributed by atoms with Crippen LogP contribution in [0.25, 0.3) is 0 Å². The van der Waals surface area contributed by atoms with E-state index in [2.05, 4.69) is 9.72 Å². The second kappa shape index (κ2) is 5.09. The highest BCUT2D eigenvalue weighted by Gasteiger charge is 2.10. The molecule has 0 unspecified atom stereocenters. The minimum Gasteiger partial charge on any atom is -0.464 e. The number of carbonyl (C=O) groups is 2. The maximum atomic E-state index is 11.2. The fourth-order valence-corrected chi connectivity index (χ4v) is 0.954. The van der Waals surface area contributed by atoms with Gasteiger partial charge >= 0.3 is 11.9 Å². The van der Waals surface area contributed by atoms with E-state index in [1.807, 2.05) is 0 Å². The highest BCUT2D eigenvalue weighted by Crippen LogP contribution is 2.03. The van der Waals surface area contributed by atoms with Gasteiger partial charge in [-0.15, -0.1) is 0 Å². The molecular formula is C10H11NO4. The molecule has 0 N–H and O–H groups in total. The summed E-state index contributed by atoms with van der Waals surface area (Å²) in [5, 5.41) is 0. The van der Waals surface area contributed by atoms with Crippen LogP contribution in [0, 0.1) is 0 Å². The topological polar surface area (TPSA) is 65.5 Å². The van der Waals surface area contributed by atoms with Crippen LogP contribution in [0.2, 0.25) is 0 Å². The molecule has 0 aromatic carbocycles. The molecule has 0 saturated heterocycles. The molecule has 0 amide bonds. The standard InChI is InChI=1S/C10H11NO4/c1-3-15-9(12)7-4-5-8(11-6-7)10(13)14-2/h4-6H,3H2,1-2H3. The molecule has 0 aliphatic carbocycles. The monoisotopic (exact) mass is 209 g/mol. The van der Waals surface area contributed by atoms with E-state index in [1.54, 1.807) is 6.92 Å². The lowest BCUT2D eigenvalue weighted by atomic mass is 10.2. The number of nitrogens with zero attached hydrogens (tertiary/aromatic N) is 1. The first-order valence-electron chi connectivity index (χ1n) is 4.40. The zero-order valence-corrected chi connectivity index (χ0v) is 8.52. The van der Waals surface area contributed by atoms with Crippen LogP contribution in [0.1, 0.15) is 27.8 Å². The molecule has 1 aromatic rings. The lowest BCUT2D eigenvalue weighted by Crippen LogP contribution is -2.08. The molecule has 0 aliphatic rings. The molecule has 0 radical (unpaired) electrons. The molecule has 5 heteroatoms. The number of hydrogen-bond acceptors (Lipinski definition) is 5. The summed E-state index contributed by atoms with van der Waals surface area (Å²) in [6.07, 6.45) is 1.28. The minimum absolute atomic E-state index is 0.158. The molecule has 0 saturated carbocycles. The zero-order valence-electron chi connectivity index (χ0n) is 8.52. The summed E-state index contributed by atoms with van der Waals surface area (Å²) in [6.45, 7) is 2.02. The SMILES string of the molecule is CCOC(=O)c1ccc(C(=O)OC)nc1. The molecule has 0 aliphatic heterocycles. The number of rotatable bonds is 3. The van der Waals surface area contributed by atoms with Crippen molar-refractivity contribution in [1.29, 1.82) is 0 Å². The number of carbonyl (C=O) groups excluding carboxylic acids is 2. The molecule has 0 bridgehead atoms. The van der Waals surface area contributed by atoms with E-state index in [1.165, 1.54) is 25.4 Å². The van der Waals surface area contributed by atoms with Crippen LogP contribution < -0.4 is 0 Å². The van der Waals surface area contributed by atoms with Crippen LogP contribution in [0.3, 0.4) is 0 Å². The number of methoxy groups -OCH3 is 1. The average molecular weight is 209 g/mol. The number of ether oxygens (including phenoxy) is 2. The smallest absolute Gasteiger partial charge is 0.356 e. The van der Waals surface area contributed by atoms with Gasteiger partial charge in [0.1, 0.15) is 5.69 Å². The Morgan fingerprint density at radius 1 is 1.33 bits per heavy atom. The van der Waals surface area contributed by atoms with E-state index in [4.69, 9.17) is 4.74 Å². The quantitative estimate of drug-likeness (QED) is 0.696. The maximum absolute atomic E-state index is 11.2. The normalized spacial score (nSPS) is 9.47. The number of aromatic nitrogens is 1. The van der Waals surface area contributed by atoms with E-state index in [0.717, 1.165) is 0 Å². The second-order valence-corrected chi connectivity index (χ2v) is 2.64. The molecule has 80 valence electrons. The average Bonchev–Trinajstić information content (AvgIpc) is 2.28. The summed E-state index contributed by atoms with van der Waals surface area (Å²) in [5.41, 5.74) is 0.468. The van der Waals surface area contributed by atoms with Crippen LogP contribution in [0.15, 0.2) is 18.3 Å². The zero-order chi connectivity index (χ0) is 11.3. The van der Waals surface area contributed by atoms with Crippen molar-refractivity contribution in [3.63, 3.8) is 0 Å². The Morgan fingerprint density at radius 2 is 2.07 bits per heavy atom. The fourth-order valence-electron chi connectivity index (χ4n) is 0.954. The molecule has 1 aromatic heterocycles. The summed E-state index contributed by atoms with van der Waals surface area (Å²) in [4.78, 5) is 26.0. The van der Waals surface area contributed by atoms with E-state index in [0.29, 0.717) is 12.2 Å². The van der Waals surface area contributed by atoms with Gasteiger partial charge in [0.15, 0.2) is 0 Å². The van der Waals surface area contributed by atoms with Crippen LogP contribution in [-0.2, 0) is 9.47 Å². The van der Waals surface area contributed by atoms with Gasteiger partial charge in [-0.1, -0.05) is 0 Å². The van der Waals surface area contributed by atoms with Gasteiger partial charge in [-0.3, -0.25) is 0 Å². The van der Waals surface area contributed by atoms with Gasteiger partial charge in [-0.2, -0.15) is 0 Å². The molecule has 0 atom stereocenters. The maximum Gasteiger partial charge on any atom is 0.356 e. The van der Waals surface area contributed by atoms with Crippen molar-refractivity contribution in [3.8, 4) is 0 Å². The molecular weight excluding hydrogens is 198 g/mol. The molecule has 1 rings (SSSR count). The molecule has 0 spiro atoms. The number of hydrogen-bond donors (Lipinski definition) is 0. The first kappa shape index (κ1) is 11.2. The molecule has 1 heterocycles. The minimum atomic E-state index is -0.537. The third-order valence-corrected chi connectivity index (χ3v) is 1.67. The van der Waals surface area contributed by atoms with Gasteiger partial charge in [-0.05, 0) is 19.1 Å². The highest BCUT2D eigenvalue weighted by molar-refractivity contribution is 5.91. The van der Waals surface area contributed by atoms with E-state index in [-0.39, 0.29) is 5.69 Å². The Kier molecular flexibility index (Phi) is 3.79. The largest absolute Gasteiger partial charge is 0.464 e. The van der Waals surface area contributed by atoms with Gasteiger partial charge in [0.05, 0.1) is 19.3 Å². The van der Waals surface area contributed by atoms with Crippen molar-refractivity contribution in [2.45, 2.75) is 6.92 Å². The van der Waals surface area contributed by atoms with Crippen LogP contribution in [0.5, 0.6) is 0 Å². The third kappa shape index (κ3) is 2.77. The second-order valence-electron chi connectivity index (χ2n) is 2.64. The van der Waals surface area contributed by atoms with Gasteiger partial charge < -0.3 is 9.47 Å². The lowest BCUT2D eigenvalue weighted by Gasteiger charge is -2.01. The summed E-state index contributed by atoms with van der Waals surface area (Å²) in [6, 6.07) is 2.88.